The van der Waals surface area contributed by atoms with E-state index in [1.165, 1.54) is 0 Å². The Morgan fingerprint density at radius 2 is 2.16 bits per heavy atom. The molecule has 1 amide bonds. The number of nitrogens with zero attached hydrogens (tertiary/aromatic N) is 2. The van der Waals surface area contributed by atoms with Crippen molar-refractivity contribution in [2.75, 3.05) is 26.2 Å². The zero-order valence-electron chi connectivity index (χ0n) is 11.7. The van der Waals surface area contributed by atoms with Crippen LogP contribution in [0.15, 0.2) is 10.6 Å². The predicted octanol–water partition coefficient (Wildman–Crippen LogP) is 0.822. The molecule has 2 atom stereocenters. The number of ether oxygens (including phenoxy) is 1. The number of aromatic nitrogens is 1. The summed E-state index contributed by atoms with van der Waals surface area (Å²) in [7, 11) is 0. The number of aryl methyl sites for hydroxylation is 1. The molecule has 0 bridgehead atoms. The second-order valence-electron chi connectivity index (χ2n) is 5.10. The predicted molar refractivity (Wildman–Crippen MR) is 70.0 cm³/mol. The average Bonchev–Trinajstić information content (AvgIpc) is 2.74. The molecule has 2 heterocycles. The van der Waals surface area contributed by atoms with E-state index in [9.17, 15) is 4.79 Å². The average molecular weight is 267 g/mol. The minimum atomic E-state index is -0.189. The molecule has 1 saturated heterocycles. The van der Waals surface area contributed by atoms with Gasteiger partial charge in [-0.25, -0.2) is 0 Å². The summed E-state index contributed by atoms with van der Waals surface area (Å²) in [5, 5.41) is 6.53. The smallest absolute Gasteiger partial charge is 0.273 e. The number of morpholine rings is 1. The quantitative estimate of drug-likeness (QED) is 0.875. The third-order valence-electron chi connectivity index (χ3n) is 3.07. The Morgan fingerprint density at radius 1 is 1.47 bits per heavy atom. The van der Waals surface area contributed by atoms with Crippen molar-refractivity contribution in [3.63, 3.8) is 0 Å². The first-order chi connectivity index (χ1) is 9.04. The third-order valence-corrected chi connectivity index (χ3v) is 3.07. The van der Waals surface area contributed by atoms with Crippen molar-refractivity contribution in [1.82, 2.24) is 15.4 Å². The fourth-order valence-electron chi connectivity index (χ4n) is 2.36. The Balaban J connectivity index is 1.73. The standard InChI is InChI=1S/C13H21N3O3/c1-9-6-12(15-19-9)13(17)14-4-5-16-7-10(2)18-11(3)8-16/h6,10-11H,4-5,7-8H2,1-3H3,(H,14,17)/t10-,11-/m0/s1. The summed E-state index contributed by atoms with van der Waals surface area (Å²) in [6.07, 6.45) is 0.496. The van der Waals surface area contributed by atoms with Gasteiger partial charge < -0.3 is 14.6 Å². The third kappa shape index (κ3) is 4.04. The molecule has 106 valence electrons. The summed E-state index contributed by atoms with van der Waals surface area (Å²) in [6, 6.07) is 1.63. The lowest BCUT2D eigenvalue weighted by Crippen LogP contribution is -2.47. The zero-order chi connectivity index (χ0) is 13.8. The first kappa shape index (κ1) is 14.0. The van der Waals surface area contributed by atoms with Crippen LogP contribution in [0.4, 0.5) is 0 Å². The van der Waals surface area contributed by atoms with Gasteiger partial charge in [0, 0.05) is 32.2 Å². The summed E-state index contributed by atoms with van der Waals surface area (Å²) >= 11 is 0. The minimum absolute atomic E-state index is 0.189. The van der Waals surface area contributed by atoms with Crippen LogP contribution in [0.25, 0.3) is 0 Å². The summed E-state index contributed by atoms with van der Waals surface area (Å²) in [6.45, 7) is 9.14. The molecule has 0 aromatic carbocycles. The van der Waals surface area contributed by atoms with Crippen LogP contribution in [0.3, 0.4) is 0 Å². The highest BCUT2D eigenvalue weighted by atomic mass is 16.5. The van der Waals surface area contributed by atoms with Crippen LogP contribution in [0.1, 0.15) is 30.1 Å². The summed E-state index contributed by atoms with van der Waals surface area (Å²) in [4.78, 5) is 14.1. The second-order valence-corrected chi connectivity index (χ2v) is 5.10. The fourth-order valence-corrected chi connectivity index (χ4v) is 2.36. The fraction of sp³-hybridized carbons (Fsp3) is 0.692. The highest BCUT2D eigenvalue weighted by molar-refractivity contribution is 5.92. The van der Waals surface area contributed by atoms with Crippen molar-refractivity contribution >= 4 is 5.91 Å². The van der Waals surface area contributed by atoms with Gasteiger partial charge in [-0.15, -0.1) is 0 Å². The van der Waals surface area contributed by atoms with Crippen molar-refractivity contribution in [3.8, 4) is 0 Å². The van der Waals surface area contributed by atoms with Crippen molar-refractivity contribution in [3.05, 3.63) is 17.5 Å². The molecule has 0 radical (unpaired) electrons. The maximum absolute atomic E-state index is 11.8. The number of carbonyl (C=O) groups excluding carboxylic acids is 1. The van der Waals surface area contributed by atoms with E-state index in [1.54, 1.807) is 13.0 Å². The summed E-state index contributed by atoms with van der Waals surface area (Å²) in [5.74, 6) is 0.451. The lowest BCUT2D eigenvalue weighted by molar-refractivity contribution is -0.0672. The molecule has 2 rings (SSSR count). The maximum atomic E-state index is 11.8. The number of nitrogens with one attached hydrogen (secondary N) is 1. The van der Waals surface area contributed by atoms with Crippen LogP contribution >= 0.6 is 0 Å². The van der Waals surface area contributed by atoms with E-state index in [2.05, 4.69) is 29.2 Å². The number of hydrogen-bond acceptors (Lipinski definition) is 5. The number of rotatable bonds is 4. The van der Waals surface area contributed by atoms with Gasteiger partial charge in [-0.2, -0.15) is 0 Å². The molecule has 1 fully saturated rings. The van der Waals surface area contributed by atoms with E-state index in [0.29, 0.717) is 18.0 Å². The van der Waals surface area contributed by atoms with Gasteiger partial charge in [0.25, 0.3) is 5.91 Å². The van der Waals surface area contributed by atoms with Gasteiger partial charge in [-0.1, -0.05) is 5.16 Å². The van der Waals surface area contributed by atoms with E-state index in [1.807, 2.05) is 0 Å². The van der Waals surface area contributed by atoms with E-state index in [4.69, 9.17) is 9.26 Å². The van der Waals surface area contributed by atoms with Crippen LogP contribution in [0.2, 0.25) is 0 Å². The first-order valence-corrected chi connectivity index (χ1v) is 6.64. The van der Waals surface area contributed by atoms with Crippen molar-refractivity contribution < 1.29 is 14.1 Å². The molecular weight excluding hydrogens is 246 g/mol. The largest absolute Gasteiger partial charge is 0.373 e. The molecule has 1 aliphatic rings. The molecule has 0 saturated carbocycles. The Hall–Kier alpha value is -1.40. The topological polar surface area (TPSA) is 67.6 Å². The summed E-state index contributed by atoms with van der Waals surface area (Å²) < 4.78 is 10.5. The van der Waals surface area contributed by atoms with Crippen molar-refractivity contribution in [2.24, 2.45) is 0 Å². The van der Waals surface area contributed by atoms with Crippen LogP contribution in [0.5, 0.6) is 0 Å². The number of hydrogen-bond donors (Lipinski definition) is 1. The van der Waals surface area contributed by atoms with E-state index < -0.39 is 0 Å². The minimum Gasteiger partial charge on any atom is -0.373 e. The monoisotopic (exact) mass is 267 g/mol. The SMILES string of the molecule is Cc1cc(C(=O)NCCN2C[C@H](C)O[C@@H](C)C2)no1. The van der Waals surface area contributed by atoms with Crippen molar-refractivity contribution in [2.45, 2.75) is 33.0 Å². The van der Waals surface area contributed by atoms with Crippen LogP contribution in [-0.4, -0.2) is 54.4 Å². The van der Waals surface area contributed by atoms with Crippen molar-refractivity contribution in [1.29, 1.82) is 0 Å². The van der Waals surface area contributed by atoms with E-state index >= 15 is 0 Å². The molecule has 19 heavy (non-hydrogen) atoms. The molecule has 0 unspecified atom stereocenters. The van der Waals surface area contributed by atoms with Crippen LogP contribution < -0.4 is 5.32 Å². The normalized spacial score (nSPS) is 24.4. The zero-order valence-corrected chi connectivity index (χ0v) is 11.7. The molecule has 0 aliphatic carbocycles. The Bertz CT molecular complexity index is 423. The number of amides is 1. The molecule has 1 aromatic heterocycles. The molecular formula is C13H21N3O3. The summed E-state index contributed by atoms with van der Waals surface area (Å²) in [5.41, 5.74) is 0.334. The Labute approximate surface area is 113 Å². The van der Waals surface area contributed by atoms with Gasteiger partial charge in [0.2, 0.25) is 0 Å². The second kappa shape index (κ2) is 6.16. The van der Waals surface area contributed by atoms with Gasteiger partial charge in [0.1, 0.15) is 5.76 Å². The molecule has 0 spiro atoms. The highest BCUT2D eigenvalue weighted by Crippen LogP contribution is 2.09. The number of carbonyl (C=O) groups is 1. The molecule has 1 N–H and O–H groups in total. The molecule has 1 aliphatic heterocycles. The Morgan fingerprint density at radius 3 is 2.74 bits per heavy atom. The van der Waals surface area contributed by atoms with Crippen LogP contribution in [0, 0.1) is 6.92 Å². The van der Waals surface area contributed by atoms with Crippen LogP contribution in [-0.2, 0) is 4.74 Å². The maximum Gasteiger partial charge on any atom is 0.273 e. The highest BCUT2D eigenvalue weighted by Gasteiger charge is 2.21. The lowest BCUT2D eigenvalue weighted by atomic mass is 10.2. The lowest BCUT2D eigenvalue weighted by Gasteiger charge is -2.35. The van der Waals surface area contributed by atoms with Gasteiger partial charge in [0.15, 0.2) is 5.69 Å². The van der Waals surface area contributed by atoms with Gasteiger partial charge in [-0.3, -0.25) is 9.69 Å². The van der Waals surface area contributed by atoms with Gasteiger partial charge >= 0.3 is 0 Å². The van der Waals surface area contributed by atoms with E-state index in [0.717, 1.165) is 19.6 Å². The molecule has 6 heteroatoms. The van der Waals surface area contributed by atoms with Gasteiger partial charge in [0.05, 0.1) is 12.2 Å². The van der Waals surface area contributed by atoms with E-state index in [-0.39, 0.29) is 18.1 Å². The first-order valence-electron chi connectivity index (χ1n) is 6.64. The van der Waals surface area contributed by atoms with Gasteiger partial charge in [-0.05, 0) is 20.8 Å². The molecule has 1 aromatic rings. The Kier molecular flexibility index (Phi) is 4.55. The molecule has 6 nitrogen and oxygen atoms in total.